The Hall–Kier alpha value is 0.790. The molecule has 0 spiro atoms. The van der Waals surface area contributed by atoms with Crippen LogP contribution < -0.4 is 0 Å². The van der Waals surface area contributed by atoms with Crippen molar-refractivity contribution < 1.29 is 35.7 Å². The van der Waals surface area contributed by atoms with Crippen LogP contribution in [0.4, 0.5) is 0 Å². The van der Waals surface area contributed by atoms with Gasteiger partial charge in [-0.25, -0.2) is 7.11 Å². The standard InChI is InChI=1S/C3H8O.C2H5O.Hf/c1-2-3-4;1-3-2;/h4H,2-3H2,1H3;1H2,2H3;/q;-1;. The Morgan fingerprint density at radius 1 is 1.62 bits per heavy atom. The number of aliphatic hydroxyl groups excluding tert-OH is 1. The van der Waals surface area contributed by atoms with E-state index in [-0.39, 0.29) is 25.8 Å². The number of rotatable bonds is 1. The predicted molar refractivity (Wildman–Crippen MR) is 29.7 cm³/mol. The van der Waals surface area contributed by atoms with E-state index in [0.717, 1.165) is 6.42 Å². The number of ether oxygens (including phenoxy) is 1. The third-order valence-electron chi connectivity index (χ3n) is 0.224. The summed E-state index contributed by atoms with van der Waals surface area (Å²) in [5.41, 5.74) is 0. The van der Waals surface area contributed by atoms with Crippen LogP contribution in [0.3, 0.4) is 0 Å². The quantitative estimate of drug-likeness (QED) is 0.570. The summed E-state index contributed by atoms with van der Waals surface area (Å²) in [7, 11) is 4.50. The molecule has 0 fully saturated rings. The van der Waals surface area contributed by atoms with Gasteiger partial charge in [-0.2, -0.15) is 0 Å². The van der Waals surface area contributed by atoms with Gasteiger partial charge in [-0.15, -0.1) is 0 Å². The molecule has 0 aromatic carbocycles. The number of hydrogen-bond acceptors (Lipinski definition) is 2. The van der Waals surface area contributed by atoms with Crippen LogP contribution in [0.1, 0.15) is 13.3 Å². The molecule has 0 saturated heterocycles. The summed E-state index contributed by atoms with van der Waals surface area (Å²) < 4.78 is 4.00. The molecule has 0 rings (SSSR count). The predicted octanol–water partition coefficient (Wildman–Crippen LogP) is 0.811. The van der Waals surface area contributed by atoms with E-state index in [1.54, 1.807) is 0 Å². The van der Waals surface area contributed by atoms with Crippen molar-refractivity contribution in [1.29, 1.82) is 0 Å². The largest absolute Gasteiger partial charge is 0.557 e. The van der Waals surface area contributed by atoms with Crippen molar-refractivity contribution in [1.82, 2.24) is 0 Å². The minimum absolute atomic E-state index is 0. The maximum Gasteiger partial charge on any atom is 0.0428 e. The van der Waals surface area contributed by atoms with Gasteiger partial charge in [0.15, 0.2) is 0 Å². The molecule has 0 heterocycles. The minimum Gasteiger partial charge on any atom is -0.557 e. The van der Waals surface area contributed by atoms with Crippen LogP contribution in [0.5, 0.6) is 0 Å². The van der Waals surface area contributed by atoms with Gasteiger partial charge in [0.05, 0.1) is 0 Å². The third kappa shape index (κ3) is 71.0. The summed E-state index contributed by atoms with van der Waals surface area (Å²) in [6, 6.07) is 0. The smallest absolute Gasteiger partial charge is 0.0428 e. The Balaban J connectivity index is -0.0000000575. The third-order valence-corrected chi connectivity index (χ3v) is 0.224. The van der Waals surface area contributed by atoms with E-state index in [9.17, 15) is 0 Å². The molecule has 0 amide bonds. The van der Waals surface area contributed by atoms with Gasteiger partial charge in [-0.1, -0.05) is 6.92 Å². The molecule has 8 heavy (non-hydrogen) atoms. The first kappa shape index (κ1) is 15.9. The Labute approximate surface area is 70.0 Å². The van der Waals surface area contributed by atoms with E-state index in [4.69, 9.17) is 5.11 Å². The molecule has 0 unspecified atom stereocenters. The van der Waals surface area contributed by atoms with E-state index in [0.29, 0.717) is 6.61 Å². The second-order valence-corrected chi connectivity index (χ2v) is 1.01. The molecule has 0 aromatic heterocycles. The topological polar surface area (TPSA) is 29.5 Å². The summed E-state index contributed by atoms with van der Waals surface area (Å²) in [4.78, 5) is 0. The van der Waals surface area contributed by atoms with E-state index >= 15 is 0 Å². The van der Waals surface area contributed by atoms with E-state index < -0.39 is 0 Å². The van der Waals surface area contributed by atoms with Gasteiger partial charge in [0.1, 0.15) is 0 Å². The van der Waals surface area contributed by atoms with Crippen LogP contribution in [-0.2, 0) is 30.6 Å². The summed E-state index contributed by atoms with van der Waals surface area (Å²) in [6.45, 7) is 2.25. The van der Waals surface area contributed by atoms with Gasteiger partial charge in [0.2, 0.25) is 0 Å². The van der Waals surface area contributed by atoms with Crippen molar-refractivity contribution in [3.05, 3.63) is 7.11 Å². The summed E-state index contributed by atoms with van der Waals surface area (Å²) >= 11 is 0. The fraction of sp³-hybridized carbons (Fsp3) is 0.800. The molecule has 50 valence electrons. The molecule has 0 aliphatic carbocycles. The zero-order valence-corrected chi connectivity index (χ0v) is 9.07. The molecular weight excluding hydrogens is 271 g/mol. The first-order valence-electron chi connectivity index (χ1n) is 2.22. The minimum atomic E-state index is 0. The maximum atomic E-state index is 7.88. The Bertz CT molecular complexity index is 17.9. The summed E-state index contributed by atoms with van der Waals surface area (Å²) in [6.07, 6.45) is 0.875. The molecule has 3 heteroatoms. The van der Waals surface area contributed by atoms with Gasteiger partial charge < -0.3 is 9.84 Å². The summed E-state index contributed by atoms with van der Waals surface area (Å²) in [5.74, 6) is 0. The SMILES string of the molecule is CCCO.[CH2-]OC.[Hf]. The van der Waals surface area contributed by atoms with Gasteiger partial charge in [-0.3, -0.25) is 0 Å². The average Bonchev–Trinajstić information content (AvgIpc) is 1.69. The maximum absolute atomic E-state index is 7.88. The van der Waals surface area contributed by atoms with Gasteiger partial charge in [0, 0.05) is 32.5 Å². The monoisotopic (exact) mass is 285 g/mol. The molecular formula is C5H13HfO2-. The first-order chi connectivity index (χ1) is 3.33. The molecule has 1 N–H and O–H groups in total. The van der Waals surface area contributed by atoms with Crippen LogP contribution in [0.2, 0.25) is 0 Å². The molecule has 0 bridgehead atoms. The van der Waals surface area contributed by atoms with Crippen LogP contribution in [0.25, 0.3) is 0 Å². The van der Waals surface area contributed by atoms with Crippen molar-refractivity contribution in [3.8, 4) is 0 Å². The zero-order chi connectivity index (χ0) is 6.12. The molecule has 0 aliphatic rings. The second-order valence-electron chi connectivity index (χ2n) is 1.01. The normalized spacial score (nSPS) is 6.00. The van der Waals surface area contributed by atoms with Crippen molar-refractivity contribution in [2.24, 2.45) is 0 Å². The second kappa shape index (κ2) is 25.0. The summed E-state index contributed by atoms with van der Waals surface area (Å²) in [5, 5.41) is 7.88. The van der Waals surface area contributed by atoms with Gasteiger partial charge in [-0.05, 0) is 13.5 Å². The van der Waals surface area contributed by atoms with Crippen molar-refractivity contribution in [2.45, 2.75) is 13.3 Å². The van der Waals surface area contributed by atoms with Crippen molar-refractivity contribution in [2.75, 3.05) is 13.7 Å². The van der Waals surface area contributed by atoms with Crippen LogP contribution in [0.15, 0.2) is 0 Å². The molecule has 2 nitrogen and oxygen atoms in total. The molecule has 0 aliphatic heterocycles. The van der Waals surface area contributed by atoms with Crippen molar-refractivity contribution >= 4 is 0 Å². The van der Waals surface area contributed by atoms with Crippen LogP contribution >= 0.6 is 0 Å². The fourth-order valence-electron chi connectivity index (χ4n) is 0. The number of aliphatic hydroxyl groups is 1. The van der Waals surface area contributed by atoms with Crippen LogP contribution in [-0.4, -0.2) is 18.8 Å². The van der Waals surface area contributed by atoms with Gasteiger partial charge in [0.25, 0.3) is 0 Å². The van der Waals surface area contributed by atoms with Crippen molar-refractivity contribution in [3.63, 3.8) is 0 Å². The average molecular weight is 284 g/mol. The van der Waals surface area contributed by atoms with E-state index in [2.05, 4.69) is 11.8 Å². The van der Waals surface area contributed by atoms with E-state index in [1.807, 2.05) is 6.92 Å². The van der Waals surface area contributed by atoms with E-state index in [1.165, 1.54) is 7.11 Å². The molecule has 0 atom stereocenters. The first-order valence-corrected chi connectivity index (χ1v) is 2.22. The van der Waals surface area contributed by atoms with Gasteiger partial charge >= 0.3 is 0 Å². The Morgan fingerprint density at radius 2 is 1.75 bits per heavy atom. The zero-order valence-electron chi connectivity index (χ0n) is 5.48. The molecule has 0 radical (unpaired) electrons. The fourth-order valence-corrected chi connectivity index (χ4v) is 0. The Kier molecular flexibility index (Phi) is 49.7. The Morgan fingerprint density at radius 3 is 1.75 bits per heavy atom. The van der Waals surface area contributed by atoms with Crippen LogP contribution in [0, 0.1) is 7.11 Å². The molecule has 0 aromatic rings. The number of methoxy groups -OCH3 is 1. The molecule has 0 saturated carbocycles. The number of hydrogen-bond donors (Lipinski definition) is 1.